The van der Waals surface area contributed by atoms with Gasteiger partial charge in [-0.15, -0.1) is 0 Å². The van der Waals surface area contributed by atoms with E-state index in [1.807, 2.05) is 0 Å². The number of hydrogen-bond donors (Lipinski definition) is 2. The molecule has 2 heterocycles. The molecule has 32 heavy (non-hydrogen) atoms. The van der Waals surface area contributed by atoms with Gasteiger partial charge in [0.05, 0.1) is 24.5 Å². The Balaban J connectivity index is 1.91. The largest absolute Gasteiger partial charge is 0.507 e. The van der Waals surface area contributed by atoms with Crippen molar-refractivity contribution in [1.29, 1.82) is 0 Å². The summed E-state index contributed by atoms with van der Waals surface area (Å²) in [5.74, 6) is -1.69. The van der Waals surface area contributed by atoms with Crippen LogP contribution in [0, 0.1) is 0 Å². The minimum absolute atomic E-state index is 0.126. The molecule has 1 atom stereocenters. The first kappa shape index (κ1) is 20.9. The number of aliphatic hydroxyl groups excluding tert-OH is 1. The summed E-state index contributed by atoms with van der Waals surface area (Å²) >= 11 is 0. The molecule has 4 rings (SSSR count). The third-order valence-electron chi connectivity index (χ3n) is 5.06. The molecule has 1 aliphatic rings. The highest BCUT2D eigenvalue weighted by Gasteiger charge is 2.48. The van der Waals surface area contributed by atoms with E-state index in [1.54, 1.807) is 60.7 Å². The van der Waals surface area contributed by atoms with Crippen LogP contribution in [-0.4, -0.2) is 29.8 Å². The van der Waals surface area contributed by atoms with Gasteiger partial charge in [0.2, 0.25) is 5.91 Å². The molecule has 2 amide bonds. The van der Waals surface area contributed by atoms with Crippen molar-refractivity contribution in [3.8, 4) is 5.75 Å². The number of carbonyl (C=O) groups is 3. The minimum Gasteiger partial charge on any atom is -0.507 e. The maximum Gasteiger partial charge on any atom is 0.300 e. The summed E-state index contributed by atoms with van der Waals surface area (Å²) in [4.78, 5) is 38.9. The third kappa shape index (κ3) is 3.62. The Hall–Kier alpha value is -4.33. The van der Waals surface area contributed by atoms with Gasteiger partial charge in [0.25, 0.3) is 11.7 Å². The molecule has 8 nitrogen and oxygen atoms in total. The van der Waals surface area contributed by atoms with Crippen LogP contribution in [0.4, 0.5) is 11.4 Å². The van der Waals surface area contributed by atoms with E-state index in [9.17, 15) is 19.5 Å². The van der Waals surface area contributed by atoms with Crippen molar-refractivity contribution in [1.82, 2.24) is 0 Å². The van der Waals surface area contributed by atoms with E-state index in [4.69, 9.17) is 9.15 Å². The van der Waals surface area contributed by atoms with Crippen LogP contribution in [0.15, 0.2) is 76.9 Å². The van der Waals surface area contributed by atoms with Crippen LogP contribution in [0.3, 0.4) is 0 Å². The zero-order valence-corrected chi connectivity index (χ0v) is 17.4. The summed E-state index contributed by atoms with van der Waals surface area (Å²) in [6.45, 7) is 1.37. The van der Waals surface area contributed by atoms with Crippen molar-refractivity contribution < 1.29 is 28.6 Å². The van der Waals surface area contributed by atoms with Gasteiger partial charge in [-0.3, -0.25) is 19.3 Å². The van der Waals surface area contributed by atoms with E-state index in [2.05, 4.69) is 5.32 Å². The Morgan fingerprint density at radius 1 is 1.09 bits per heavy atom. The number of nitrogens with zero attached hydrogens (tertiary/aromatic N) is 1. The smallest absolute Gasteiger partial charge is 0.300 e. The molecule has 2 aromatic carbocycles. The number of nitrogens with one attached hydrogen (secondary N) is 1. The molecular formula is C24H20N2O6. The van der Waals surface area contributed by atoms with Gasteiger partial charge < -0.3 is 19.6 Å². The SMILES string of the molecule is COc1ccccc1/C(O)=C1/C(=O)C(=O)N(c2cccc(NC(C)=O)c2)C1c1ccco1. The molecule has 3 aromatic rings. The normalized spacial score (nSPS) is 17.4. The summed E-state index contributed by atoms with van der Waals surface area (Å²) < 4.78 is 10.9. The van der Waals surface area contributed by atoms with Crippen LogP contribution in [0.2, 0.25) is 0 Å². The average Bonchev–Trinajstić information content (AvgIpc) is 3.40. The van der Waals surface area contributed by atoms with Crippen LogP contribution in [0.5, 0.6) is 5.75 Å². The van der Waals surface area contributed by atoms with Crippen LogP contribution in [0.1, 0.15) is 24.3 Å². The molecule has 0 saturated carbocycles. The van der Waals surface area contributed by atoms with Gasteiger partial charge in [-0.05, 0) is 42.5 Å². The highest BCUT2D eigenvalue weighted by Crippen LogP contribution is 2.43. The lowest BCUT2D eigenvalue weighted by Gasteiger charge is -2.24. The van der Waals surface area contributed by atoms with Gasteiger partial charge >= 0.3 is 0 Å². The lowest BCUT2D eigenvalue weighted by molar-refractivity contribution is -0.132. The van der Waals surface area contributed by atoms with E-state index < -0.39 is 17.7 Å². The fourth-order valence-electron chi connectivity index (χ4n) is 3.74. The molecule has 162 valence electrons. The van der Waals surface area contributed by atoms with Crippen molar-refractivity contribution in [2.24, 2.45) is 0 Å². The molecule has 1 fully saturated rings. The number of hydrogen-bond acceptors (Lipinski definition) is 6. The molecule has 2 N–H and O–H groups in total. The number of rotatable bonds is 5. The first-order valence-corrected chi connectivity index (χ1v) is 9.78. The molecule has 1 saturated heterocycles. The predicted octanol–water partition coefficient (Wildman–Crippen LogP) is 3.87. The number of para-hydroxylation sites is 1. The fourth-order valence-corrected chi connectivity index (χ4v) is 3.74. The van der Waals surface area contributed by atoms with Crippen molar-refractivity contribution in [2.75, 3.05) is 17.3 Å². The number of anilines is 2. The maximum absolute atomic E-state index is 13.1. The highest BCUT2D eigenvalue weighted by atomic mass is 16.5. The maximum atomic E-state index is 13.1. The van der Waals surface area contributed by atoms with E-state index in [1.165, 1.54) is 25.2 Å². The first-order chi connectivity index (χ1) is 15.4. The second kappa shape index (κ2) is 8.43. The van der Waals surface area contributed by atoms with Gasteiger partial charge in [0.15, 0.2) is 0 Å². The number of methoxy groups -OCH3 is 1. The van der Waals surface area contributed by atoms with Crippen molar-refractivity contribution >= 4 is 34.7 Å². The first-order valence-electron chi connectivity index (χ1n) is 9.78. The number of carbonyl (C=O) groups excluding carboxylic acids is 3. The summed E-state index contributed by atoms with van der Waals surface area (Å²) in [6.07, 6.45) is 1.42. The van der Waals surface area contributed by atoms with Crippen LogP contribution in [0.25, 0.3) is 5.76 Å². The van der Waals surface area contributed by atoms with Crippen LogP contribution in [-0.2, 0) is 14.4 Å². The second-order valence-electron chi connectivity index (χ2n) is 7.12. The Morgan fingerprint density at radius 3 is 2.56 bits per heavy atom. The van der Waals surface area contributed by atoms with Gasteiger partial charge in [0.1, 0.15) is 23.3 Å². The molecule has 1 aromatic heterocycles. The van der Waals surface area contributed by atoms with E-state index >= 15 is 0 Å². The molecule has 1 unspecified atom stereocenters. The molecule has 0 spiro atoms. The van der Waals surface area contributed by atoms with Gasteiger partial charge in [0, 0.05) is 18.3 Å². The highest BCUT2D eigenvalue weighted by molar-refractivity contribution is 6.51. The Morgan fingerprint density at radius 2 is 1.88 bits per heavy atom. The predicted molar refractivity (Wildman–Crippen MR) is 117 cm³/mol. The number of amides is 2. The zero-order chi connectivity index (χ0) is 22.8. The van der Waals surface area contributed by atoms with Crippen molar-refractivity contribution in [3.63, 3.8) is 0 Å². The average molecular weight is 432 g/mol. The summed E-state index contributed by atoms with van der Waals surface area (Å²) in [6, 6.07) is 15.4. The fraction of sp³-hybridized carbons (Fsp3) is 0.125. The molecule has 1 aliphatic heterocycles. The van der Waals surface area contributed by atoms with Gasteiger partial charge in [-0.2, -0.15) is 0 Å². The number of ketones is 1. The van der Waals surface area contributed by atoms with Crippen molar-refractivity contribution in [2.45, 2.75) is 13.0 Å². The Labute approximate surface area is 183 Å². The zero-order valence-electron chi connectivity index (χ0n) is 17.4. The van der Waals surface area contributed by atoms with Crippen LogP contribution >= 0.6 is 0 Å². The van der Waals surface area contributed by atoms with E-state index in [0.717, 1.165) is 0 Å². The van der Waals surface area contributed by atoms with E-state index in [-0.39, 0.29) is 22.8 Å². The molecular weight excluding hydrogens is 412 g/mol. The second-order valence-corrected chi connectivity index (χ2v) is 7.12. The lowest BCUT2D eigenvalue weighted by atomic mass is 9.98. The summed E-state index contributed by atoms with van der Waals surface area (Å²) in [5, 5.41) is 13.8. The number of ether oxygens (including phenoxy) is 1. The number of aliphatic hydroxyl groups is 1. The standard InChI is InChI=1S/C24H20N2O6/c1-14(27)25-15-7-5-8-16(13-15)26-21(19-11-6-12-32-19)20(23(29)24(26)30)22(28)17-9-3-4-10-18(17)31-2/h3-13,21,28H,1-2H3,(H,25,27)/b22-20-. The van der Waals surface area contributed by atoms with Gasteiger partial charge in [-0.1, -0.05) is 18.2 Å². The van der Waals surface area contributed by atoms with Crippen LogP contribution < -0.4 is 15.0 Å². The van der Waals surface area contributed by atoms with Crippen molar-refractivity contribution in [3.05, 3.63) is 83.8 Å². The molecule has 8 heteroatoms. The molecule has 0 aliphatic carbocycles. The third-order valence-corrected chi connectivity index (χ3v) is 5.06. The Kier molecular flexibility index (Phi) is 5.51. The van der Waals surface area contributed by atoms with E-state index in [0.29, 0.717) is 22.9 Å². The quantitative estimate of drug-likeness (QED) is 0.360. The lowest BCUT2D eigenvalue weighted by Crippen LogP contribution is -2.29. The summed E-state index contributed by atoms with van der Waals surface area (Å²) in [5.41, 5.74) is 0.967. The topological polar surface area (TPSA) is 109 Å². The minimum atomic E-state index is -1.01. The number of benzene rings is 2. The van der Waals surface area contributed by atoms with Gasteiger partial charge in [-0.25, -0.2) is 0 Å². The monoisotopic (exact) mass is 432 g/mol. The summed E-state index contributed by atoms with van der Waals surface area (Å²) in [7, 11) is 1.45. The Bertz CT molecular complexity index is 1230. The molecule has 0 bridgehead atoms. The molecule has 0 radical (unpaired) electrons. The number of furan rings is 1. The number of Topliss-reactive ketones (excluding diaryl/α,β-unsaturated/α-hetero) is 1.